The molecule has 2 unspecified atom stereocenters. The second-order valence-corrected chi connectivity index (χ2v) is 5.89. The Hall–Kier alpha value is -1.17. The summed E-state index contributed by atoms with van der Waals surface area (Å²) in [7, 11) is 0. The zero-order valence-corrected chi connectivity index (χ0v) is 14.0. The molecular weight excluding hydrogens is 305 g/mol. The Morgan fingerprint density at radius 1 is 1.27 bits per heavy atom. The predicted octanol–water partition coefficient (Wildman–Crippen LogP) is 1.59. The molecule has 1 aliphatic rings. The zero-order chi connectivity index (χ0) is 15.2. The minimum atomic E-state index is -0.232. The Morgan fingerprint density at radius 2 is 1.86 bits per heavy atom. The Morgan fingerprint density at radius 3 is 2.45 bits per heavy atom. The van der Waals surface area contributed by atoms with E-state index in [2.05, 4.69) is 29.4 Å². The molecule has 22 heavy (non-hydrogen) atoms. The Bertz CT molecular complexity index is 459. The topological polar surface area (TPSA) is 44.4 Å². The van der Waals surface area contributed by atoms with Gasteiger partial charge in [-0.25, -0.2) is 4.39 Å². The second kappa shape index (κ2) is 9.08. The van der Waals surface area contributed by atoms with E-state index in [0.29, 0.717) is 25.2 Å². The highest BCUT2D eigenvalue weighted by molar-refractivity contribution is 5.85. The molecule has 0 aliphatic carbocycles. The fourth-order valence-corrected chi connectivity index (χ4v) is 2.83. The third-order valence-corrected chi connectivity index (χ3v) is 3.65. The maximum atomic E-state index is 12.8. The van der Waals surface area contributed by atoms with Gasteiger partial charge in [0, 0.05) is 31.7 Å². The number of carbonyl (C=O) groups excluding carboxylic acids is 1. The minimum absolute atomic E-state index is 0. The van der Waals surface area contributed by atoms with Crippen LogP contribution in [0.5, 0.6) is 0 Å². The van der Waals surface area contributed by atoms with Crippen LogP contribution in [-0.2, 0) is 11.2 Å². The average molecular weight is 330 g/mol. The van der Waals surface area contributed by atoms with Gasteiger partial charge in [-0.15, -0.1) is 12.4 Å². The average Bonchev–Trinajstić information content (AvgIpc) is 2.39. The molecule has 1 aromatic carbocycles. The first-order chi connectivity index (χ1) is 10.0. The number of halogens is 2. The van der Waals surface area contributed by atoms with Gasteiger partial charge in [0.05, 0.1) is 6.54 Å². The van der Waals surface area contributed by atoms with Crippen molar-refractivity contribution in [1.82, 2.24) is 15.5 Å². The van der Waals surface area contributed by atoms with Gasteiger partial charge in [-0.2, -0.15) is 0 Å². The van der Waals surface area contributed by atoms with Crippen LogP contribution in [0.3, 0.4) is 0 Å². The van der Waals surface area contributed by atoms with E-state index in [1.807, 2.05) is 0 Å². The molecule has 1 heterocycles. The predicted molar refractivity (Wildman–Crippen MR) is 88.9 cm³/mol. The SMILES string of the molecule is CC1CN(CC(=O)NCCc2ccc(F)cc2)CC(C)N1.Cl. The van der Waals surface area contributed by atoms with Gasteiger partial charge in [0.1, 0.15) is 5.82 Å². The lowest BCUT2D eigenvalue weighted by Gasteiger charge is -2.35. The van der Waals surface area contributed by atoms with E-state index in [0.717, 1.165) is 25.1 Å². The van der Waals surface area contributed by atoms with Crippen LogP contribution in [-0.4, -0.2) is 49.1 Å². The van der Waals surface area contributed by atoms with Crippen LogP contribution in [0.2, 0.25) is 0 Å². The standard InChI is InChI=1S/C16H24FN3O.ClH/c1-12-9-20(10-13(2)19-12)11-16(21)18-8-7-14-3-5-15(17)6-4-14;/h3-6,12-13,19H,7-11H2,1-2H3,(H,18,21);1H. The number of rotatable bonds is 5. The molecule has 2 atom stereocenters. The Labute approximate surface area is 137 Å². The highest BCUT2D eigenvalue weighted by atomic mass is 35.5. The van der Waals surface area contributed by atoms with Crippen molar-refractivity contribution in [3.8, 4) is 0 Å². The smallest absolute Gasteiger partial charge is 0.234 e. The van der Waals surface area contributed by atoms with Crippen molar-refractivity contribution >= 4 is 18.3 Å². The summed E-state index contributed by atoms with van der Waals surface area (Å²) in [5.41, 5.74) is 1.03. The second-order valence-electron chi connectivity index (χ2n) is 5.89. The number of piperazine rings is 1. The molecule has 4 nitrogen and oxygen atoms in total. The van der Waals surface area contributed by atoms with E-state index in [4.69, 9.17) is 0 Å². The van der Waals surface area contributed by atoms with Crippen LogP contribution in [0.25, 0.3) is 0 Å². The Kier molecular flexibility index (Phi) is 7.79. The monoisotopic (exact) mass is 329 g/mol. The van der Waals surface area contributed by atoms with Crippen LogP contribution in [0.15, 0.2) is 24.3 Å². The van der Waals surface area contributed by atoms with Gasteiger partial charge in [-0.3, -0.25) is 9.69 Å². The number of benzene rings is 1. The first kappa shape index (κ1) is 18.9. The summed E-state index contributed by atoms with van der Waals surface area (Å²) in [6.07, 6.45) is 0.723. The molecular formula is C16H25ClFN3O. The molecule has 0 spiro atoms. The molecule has 2 rings (SSSR count). The van der Waals surface area contributed by atoms with Crippen molar-refractivity contribution in [2.24, 2.45) is 0 Å². The third-order valence-electron chi connectivity index (χ3n) is 3.65. The summed E-state index contributed by atoms with van der Waals surface area (Å²) in [4.78, 5) is 14.1. The first-order valence-electron chi connectivity index (χ1n) is 7.52. The number of hydrogen-bond acceptors (Lipinski definition) is 3. The first-order valence-corrected chi connectivity index (χ1v) is 7.52. The lowest BCUT2D eigenvalue weighted by atomic mass is 10.1. The van der Waals surface area contributed by atoms with E-state index >= 15 is 0 Å². The van der Waals surface area contributed by atoms with E-state index in [9.17, 15) is 9.18 Å². The molecule has 124 valence electrons. The fraction of sp³-hybridized carbons (Fsp3) is 0.562. The number of carbonyl (C=O) groups is 1. The van der Waals surface area contributed by atoms with Crippen LogP contribution in [0.4, 0.5) is 4.39 Å². The minimum Gasteiger partial charge on any atom is -0.355 e. The molecule has 1 amide bonds. The van der Waals surface area contributed by atoms with Crippen molar-refractivity contribution in [1.29, 1.82) is 0 Å². The molecule has 0 saturated carbocycles. The number of nitrogens with zero attached hydrogens (tertiary/aromatic N) is 1. The van der Waals surface area contributed by atoms with Crippen molar-refractivity contribution in [2.45, 2.75) is 32.4 Å². The lowest BCUT2D eigenvalue weighted by molar-refractivity contribution is -0.122. The van der Waals surface area contributed by atoms with Gasteiger partial charge in [-0.1, -0.05) is 12.1 Å². The third kappa shape index (κ3) is 6.30. The van der Waals surface area contributed by atoms with E-state index in [1.54, 1.807) is 12.1 Å². The molecule has 6 heteroatoms. The Balaban J connectivity index is 0.00000242. The normalized spacial score (nSPS) is 22.0. The van der Waals surface area contributed by atoms with Gasteiger partial charge >= 0.3 is 0 Å². The molecule has 1 saturated heterocycles. The molecule has 1 fully saturated rings. The maximum absolute atomic E-state index is 12.8. The lowest BCUT2D eigenvalue weighted by Crippen LogP contribution is -2.56. The number of hydrogen-bond donors (Lipinski definition) is 2. The van der Waals surface area contributed by atoms with Crippen molar-refractivity contribution in [3.63, 3.8) is 0 Å². The molecule has 1 aliphatic heterocycles. The molecule has 0 radical (unpaired) electrons. The summed E-state index contributed by atoms with van der Waals surface area (Å²) < 4.78 is 12.8. The summed E-state index contributed by atoms with van der Waals surface area (Å²) >= 11 is 0. The molecule has 0 bridgehead atoms. The highest BCUT2D eigenvalue weighted by Crippen LogP contribution is 2.04. The number of amides is 1. The van der Waals surface area contributed by atoms with Crippen molar-refractivity contribution in [2.75, 3.05) is 26.2 Å². The largest absolute Gasteiger partial charge is 0.355 e. The van der Waals surface area contributed by atoms with Gasteiger partial charge in [-0.05, 0) is 38.0 Å². The number of nitrogens with one attached hydrogen (secondary N) is 2. The highest BCUT2D eigenvalue weighted by Gasteiger charge is 2.22. The molecule has 0 aromatic heterocycles. The van der Waals surface area contributed by atoms with Crippen LogP contribution < -0.4 is 10.6 Å². The van der Waals surface area contributed by atoms with Crippen LogP contribution in [0, 0.1) is 5.82 Å². The van der Waals surface area contributed by atoms with Crippen molar-refractivity contribution < 1.29 is 9.18 Å². The maximum Gasteiger partial charge on any atom is 0.234 e. The van der Waals surface area contributed by atoms with Crippen LogP contribution in [0.1, 0.15) is 19.4 Å². The molecule has 1 aromatic rings. The summed E-state index contributed by atoms with van der Waals surface area (Å²) in [5, 5.41) is 6.38. The van der Waals surface area contributed by atoms with Gasteiger partial charge in [0.25, 0.3) is 0 Å². The summed E-state index contributed by atoms with van der Waals surface area (Å²) in [6.45, 7) is 7.09. The summed E-state index contributed by atoms with van der Waals surface area (Å²) in [5.74, 6) is -0.178. The van der Waals surface area contributed by atoms with E-state index in [-0.39, 0.29) is 24.1 Å². The van der Waals surface area contributed by atoms with E-state index in [1.165, 1.54) is 12.1 Å². The van der Waals surface area contributed by atoms with Crippen LogP contribution >= 0.6 is 12.4 Å². The van der Waals surface area contributed by atoms with Crippen molar-refractivity contribution in [3.05, 3.63) is 35.6 Å². The quantitative estimate of drug-likeness (QED) is 0.862. The zero-order valence-electron chi connectivity index (χ0n) is 13.1. The van der Waals surface area contributed by atoms with Gasteiger partial charge in [0.2, 0.25) is 5.91 Å². The summed E-state index contributed by atoms with van der Waals surface area (Å²) in [6, 6.07) is 7.23. The molecule has 2 N–H and O–H groups in total. The fourth-order valence-electron chi connectivity index (χ4n) is 2.83. The van der Waals surface area contributed by atoms with E-state index < -0.39 is 0 Å². The van der Waals surface area contributed by atoms with Gasteiger partial charge < -0.3 is 10.6 Å². The van der Waals surface area contributed by atoms with Gasteiger partial charge in [0.15, 0.2) is 0 Å².